The molecule has 7 heteroatoms. The van der Waals surface area contributed by atoms with Gasteiger partial charge in [-0.05, 0) is 31.0 Å². The van der Waals surface area contributed by atoms with E-state index in [-0.39, 0.29) is 11.4 Å². The van der Waals surface area contributed by atoms with Crippen molar-refractivity contribution in [2.24, 2.45) is 10.7 Å². The third-order valence-corrected chi connectivity index (χ3v) is 4.56. The highest BCUT2D eigenvalue weighted by Gasteiger charge is 2.29. The number of carbonyl (C=O) groups excluding carboxylic acids is 1. The normalized spacial score (nSPS) is 20.7. The van der Waals surface area contributed by atoms with Crippen molar-refractivity contribution in [3.05, 3.63) is 54.1 Å². The minimum Gasteiger partial charge on any atom is -0.379 e. The molecular weight excluding hydrogens is 310 g/mol. The molecule has 2 heterocycles. The molecule has 0 fully saturated rings. The Morgan fingerprint density at radius 2 is 2.13 bits per heavy atom. The van der Waals surface area contributed by atoms with E-state index >= 15 is 0 Å². The van der Waals surface area contributed by atoms with Crippen molar-refractivity contribution in [3.8, 4) is 0 Å². The van der Waals surface area contributed by atoms with Crippen LogP contribution in [0.5, 0.6) is 0 Å². The van der Waals surface area contributed by atoms with Gasteiger partial charge in [0.1, 0.15) is 6.33 Å². The number of nitrogens with one attached hydrogen (secondary N) is 1. The number of hydrogen-bond donors (Lipinski definition) is 2. The maximum Gasteiger partial charge on any atom is 0.258 e. The molecule has 1 unspecified atom stereocenters. The fourth-order valence-electron chi connectivity index (χ4n) is 2.45. The zero-order chi connectivity index (χ0) is 16.3. The molecule has 1 amide bonds. The molecule has 1 aliphatic rings. The minimum atomic E-state index is -0.355. The molecule has 1 aliphatic heterocycles. The molecule has 1 atom stereocenters. The summed E-state index contributed by atoms with van der Waals surface area (Å²) >= 11 is 1.57. The van der Waals surface area contributed by atoms with Crippen LogP contribution in [0.25, 0.3) is 0 Å². The Kier molecular flexibility index (Phi) is 4.29. The number of amidine groups is 1. The summed E-state index contributed by atoms with van der Waals surface area (Å²) in [4.78, 5) is 24.5. The number of thioether (sulfide) groups is 1. The maximum atomic E-state index is 12.2. The van der Waals surface area contributed by atoms with Crippen LogP contribution in [0.1, 0.15) is 29.3 Å². The summed E-state index contributed by atoms with van der Waals surface area (Å²) in [5.41, 5.74) is 7.68. The van der Waals surface area contributed by atoms with Gasteiger partial charge in [0.15, 0.2) is 5.17 Å². The highest BCUT2D eigenvalue weighted by atomic mass is 32.2. The predicted octanol–water partition coefficient (Wildman–Crippen LogP) is 2.40. The second-order valence-electron chi connectivity index (χ2n) is 5.48. The van der Waals surface area contributed by atoms with Gasteiger partial charge in [-0.3, -0.25) is 9.79 Å². The van der Waals surface area contributed by atoms with Crippen LogP contribution in [0.3, 0.4) is 0 Å². The number of carbonyl (C=O) groups is 1. The van der Waals surface area contributed by atoms with Crippen molar-refractivity contribution < 1.29 is 4.79 Å². The van der Waals surface area contributed by atoms with Crippen LogP contribution >= 0.6 is 11.8 Å². The Morgan fingerprint density at radius 3 is 2.87 bits per heavy atom. The summed E-state index contributed by atoms with van der Waals surface area (Å²) in [7, 11) is 0. The first-order chi connectivity index (χ1) is 11.1. The van der Waals surface area contributed by atoms with Crippen molar-refractivity contribution in [1.29, 1.82) is 0 Å². The standard InChI is InChI=1S/C16H17N5OS/c1-16(5-6-23-15(17)21-16)12-3-2-4-13(7-12)20-14(22)11-8-18-10-19-9-11/h2-4,7-10H,5-6H2,1H3,(H2,17,21)(H,20,22). The number of aliphatic imine (C=N–C) groups is 1. The molecule has 6 nitrogen and oxygen atoms in total. The lowest BCUT2D eigenvalue weighted by Crippen LogP contribution is -2.28. The quantitative estimate of drug-likeness (QED) is 0.903. The van der Waals surface area contributed by atoms with E-state index in [2.05, 4.69) is 27.2 Å². The molecule has 0 aliphatic carbocycles. The first-order valence-corrected chi connectivity index (χ1v) is 8.20. The van der Waals surface area contributed by atoms with Crippen LogP contribution in [0, 0.1) is 0 Å². The van der Waals surface area contributed by atoms with Gasteiger partial charge in [0.25, 0.3) is 5.91 Å². The summed E-state index contributed by atoms with van der Waals surface area (Å²) < 4.78 is 0. The van der Waals surface area contributed by atoms with Crippen LogP contribution in [0.15, 0.2) is 48.0 Å². The molecule has 23 heavy (non-hydrogen) atoms. The van der Waals surface area contributed by atoms with Gasteiger partial charge in [0, 0.05) is 23.8 Å². The number of anilines is 1. The summed E-state index contributed by atoms with van der Waals surface area (Å²) in [6, 6.07) is 7.70. The number of nitrogens with two attached hydrogens (primary N) is 1. The first kappa shape index (κ1) is 15.5. The molecule has 0 saturated heterocycles. The van der Waals surface area contributed by atoms with Crippen molar-refractivity contribution in [1.82, 2.24) is 9.97 Å². The molecule has 3 N–H and O–H groups in total. The number of nitrogens with zero attached hydrogens (tertiary/aromatic N) is 3. The van der Waals surface area contributed by atoms with E-state index in [0.29, 0.717) is 16.4 Å². The van der Waals surface area contributed by atoms with E-state index in [1.807, 2.05) is 24.3 Å². The average molecular weight is 327 g/mol. The minimum absolute atomic E-state index is 0.241. The zero-order valence-corrected chi connectivity index (χ0v) is 13.5. The highest BCUT2D eigenvalue weighted by Crippen LogP contribution is 2.35. The van der Waals surface area contributed by atoms with Crippen LogP contribution < -0.4 is 11.1 Å². The molecule has 0 radical (unpaired) electrons. The van der Waals surface area contributed by atoms with E-state index in [1.54, 1.807) is 11.8 Å². The fraction of sp³-hybridized carbons (Fsp3) is 0.250. The molecule has 118 valence electrons. The van der Waals surface area contributed by atoms with Crippen molar-refractivity contribution >= 4 is 28.5 Å². The largest absolute Gasteiger partial charge is 0.379 e. The van der Waals surface area contributed by atoms with E-state index < -0.39 is 0 Å². The van der Waals surface area contributed by atoms with Crippen molar-refractivity contribution in [3.63, 3.8) is 0 Å². The van der Waals surface area contributed by atoms with Gasteiger partial charge in [-0.2, -0.15) is 0 Å². The summed E-state index contributed by atoms with van der Waals surface area (Å²) in [5.74, 6) is 0.694. The Bertz CT molecular complexity index is 749. The van der Waals surface area contributed by atoms with E-state index in [1.165, 1.54) is 18.7 Å². The lowest BCUT2D eigenvalue weighted by molar-refractivity contribution is 0.102. The molecular formula is C16H17N5OS. The van der Waals surface area contributed by atoms with Crippen LogP contribution in [0.4, 0.5) is 5.69 Å². The molecule has 0 bridgehead atoms. The monoisotopic (exact) mass is 327 g/mol. The molecule has 0 saturated carbocycles. The number of amides is 1. The predicted molar refractivity (Wildman–Crippen MR) is 92.5 cm³/mol. The molecule has 1 aromatic heterocycles. The lowest BCUT2D eigenvalue weighted by Gasteiger charge is -2.30. The fourth-order valence-corrected chi connectivity index (χ4v) is 3.42. The molecule has 0 spiro atoms. The molecule has 1 aromatic carbocycles. The SMILES string of the molecule is CC1(c2cccc(NC(=O)c3cncnc3)c2)CCSC(N)=N1. The lowest BCUT2D eigenvalue weighted by atomic mass is 9.89. The summed E-state index contributed by atoms with van der Waals surface area (Å²) in [5, 5.41) is 3.47. The second kappa shape index (κ2) is 6.37. The van der Waals surface area contributed by atoms with Gasteiger partial charge in [0.2, 0.25) is 0 Å². The zero-order valence-electron chi connectivity index (χ0n) is 12.7. The van der Waals surface area contributed by atoms with Crippen molar-refractivity contribution in [2.45, 2.75) is 18.9 Å². The third kappa shape index (κ3) is 3.50. The smallest absolute Gasteiger partial charge is 0.258 e. The van der Waals surface area contributed by atoms with Gasteiger partial charge >= 0.3 is 0 Å². The van der Waals surface area contributed by atoms with Crippen LogP contribution in [-0.2, 0) is 5.54 Å². The van der Waals surface area contributed by atoms with E-state index in [4.69, 9.17) is 5.73 Å². The number of aromatic nitrogens is 2. The average Bonchev–Trinajstić information content (AvgIpc) is 2.56. The van der Waals surface area contributed by atoms with Crippen molar-refractivity contribution in [2.75, 3.05) is 11.1 Å². The first-order valence-electron chi connectivity index (χ1n) is 7.22. The maximum absolute atomic E-state index is 12.2. The van der Waals surface area contributed by atoms with Gasteiger partial charge in [-0.1, -0.05) is 23.9 Å². The number of benzene rings is 1. The Labute approximate surface area is 138 Å². The highest BCUT2D eigenvalue weighted by molar-refractivity contribution is 8.13. The van der Waals surface area contributed by atoms with E-state index in [9.17, 15) is 4.79 Å². The van der Waals surface area contributed by atoms with Crippen LogP contribution in [-0.4, -0.2) is 26.8 Å². The van der Waals surface area contributed by atoms with Crippen LogP contribution in [0.2, 0.25) is 0 Å². The molecule has 3 rings (SSSR count). The van der Waals surface area contributed by atoms with Gasteiger partial charge in [-0.15, -0.1) is 0 Å². The third-order valence-electron chi connectivity index (χ3n) is 3.76. The Balaban J connectivity index is 1.83. The van der Waals surface area contributed by atoms with E-state index in [0.717, 1.165) is 17.7 Å². The molecule has 2 aromatic rings. The Hall–Kier alpha value is -2.41. The van der Waals surface area contributed by atoms with Gasteiger partial charge in [-0.25, -0.2) is 9.97 Å². The van der Waals surface area contributed by atoms with Gasteiger partial charge < -0.3 is 11.1 Å². The number of hydrogen-bond acceptors (Lipinski definition) is 6. The summed E-state index contributed by atoms with van der Waals surface area (Å²) in [6.07, 6.45) is 5.26. The second-order valence-corrected chi connectivity index (χ2v) is 6.60. The summed E-state index contributed by atoms with van der Waals surface area (Å²) in [6.45, 7) is 2.06. The number of rotatable bonds is 3. The Morgan fingerprint density at radius 1 is 1.35 bits per heavy atom. The topological polar surface area (TPSA) is 93.3 Å². The van der Waals surface area contributed by atoms with Gasteiger partial charge in [0.05, 0.1) is 11.1 Å².